The number of hydrogen-bond donors (Lipinski definition) is 2. The second-order valence-corrected chi connectivity index (χ2v) is 7.27. The van der Waals surface area contributed by atoms with Crippen LogP contribution in [0.2, 0.25) is 0 Å². The molecule has 0 amide bonds. The molecule has 0 aliphatic carbocycles. The Morgan fingerprint density at radius 1 is 1.27 bits per heavy atom. The van der Waals surface area contributed by atoms with Crippen LogP contribution in [0.3, 0.4) is 0 Å². The third-order valence-corrected chi connectivity index (χ3v) is 5.26. The number of nitro benzene ring substituents is 1. The first-order chi connectivity index (χ1) is 15.9. The van der Waals surface area contributed by atoms with Gasteiger partial charge < -0.3 is 20.1 Å². The molecule has 0 aromatic heterocycles. The summed E-state index contributed by atoms with van der Waals surface area (Å²) in [7, 11) is 0. The molecule has 0 spiro atoms. The minimum atomic E-state index is -0.670. The van der Waals surface area contributed by atoms with Gasteiger partial charge in [0.25, 0.3) is 12.2 Å². The van der Waals surface area contributed by atoms with Crippen molar-refractivity contribution in [3.05, 3.63) is 81.2 Å². The summed E-state index contributed by atoms with van der Waals surface area (Å²) in [5, 5.41) is 17.7. The van der Waals surface area contributed by atoms with Gasteiger partial charge >= 0.3 is 5.97 Å². The van der Waals surface area contributed by atoms with E-state index in [1.165, 1.54) is 12.1 Å². The number of carbonyl (C=O) groups excluding carboxylic acids is 2. The molecular weight excluding hydrogens is 428 g/mol. The van der Waals surface area contributed by atoms with Crippen molar-refractivity contribution in [3.63, 3.8) is 0 Å². The first kappa shape index (κ1) is 21.8. The van der Waals surface area contributed by atoms with Gasteiger partial charge in [-0.25, -0.2) is 9.79 Å². The Morgan fingerprint density at radius 3 is 2.82 bits per heavy atom. The van der Waals surface area contributed by atoms with Crippen LogP contribution in [0.15, 0.2) is 70.5 Å². The summed E-state index contributed by atoms with van der Waals surface area (Å²) in [5.74, 6) is -0.379. The second kappa shape index (κ2) is 8.95. The Balaban J connectivity index is 1.88. The number of allylic oxidation sites excluding steroid dienone is 1. The van der Waals surface area contributed by atoms with Crippen LogP contribution < -0.4 is 15.4 Å². The van der Waals surface area contributed by atoms with Gasteiger partial charge in [0.15, 0.2) is 0 Å². The van der Waals surface area contributed by atoms with Gasteiger partial charge in [0, 0.05) is 41.6 Å². The third-order valence-electron chi connectivity index (χ3n) is 5.26. The number of fused-ring (bicyclic) bond motifs is 2. The number of aliphatic imine (C=N–C) groups is 1. The predicted octanol–water partition coefficient (Wildman–Crippen LogP) is 3.69. The number of benzene rings is 2. The highest BCUT2D eigenvalue weighted by molar-refractivity contribution is 6.09. The first-order valence-corrected chi connectivity index (χ1v) is 10.1. The Morgan fingerprint density at radius 2 is 2.09 bits per heavy atom. The average Bonchev–Trinajstić information content (AvgIpc) is 2.97. The Kier molecular flexibility index (Phi) is 5.90. The number of esters is 1. The zero-order valence-electron chi connectivity index (χ0n) is 17.8. The number of amidine groups is 1. The number of anilines is 1. The fourth-order valence-electron chi connectivity index (χ4n) is 3.85. The van der Waals surface area contributed by atoms with E-state index in [0.717, 1.165) is 0 Å². The number of ether oxygens (including phenoxy) is 2. The molecule has 10 nitrogen and oxygen atoms in total. The van der Waals surface area contributed by atoms with E-state index in [1.54, 1.807) is 50.4 Å². The van der Waals surface area contributed by atoms with Crippen molar-refractivity contribution in [2.75, 3.05) is 11.9 Å². The van der Waals surface area contributed by atoms with E-state index in [2.05, 4.69) is 10.6 Å². The highest BCUT2D eigenvalue weighted by Crippen LogP contribution is 2.41. The molecule has 0 saturated heterocycles. The van der Waals surface area contributed by atoms with Gasteiger partial charge in [0.2, 0.25) is 0 Å². The number of nitrogens with zero attached hydrogens (tertiary/aromatic N) is 2. The van der Waals surface area contributed by atoms with Crippen LogP contribution in [0.25, 0.3) is 0 Å². The van der Waals surface area contributed by atoms with Gasteiger partial charge in [-0.3, -0.25) is 14.9 Å². The lowest BCUT2D eigenvalue weighted by Gasteiger charge is -2.30. The van der Waals surface area contributed by atoms with Crippen LogP contribution >= 0.6 is 0 Å². The molecule has 4 rings (SSSR count). The van der Waals surface area contributed by atoms with E-state index in [-0.39, 0.29) is 12.3 Å². The minimum absolute atomic E-state index is 0.0912. The number of nitrogens with one attached hydrogen (secondary N) is 2. The second-order valence-electron chi connectivity index (χ2n) is 7.27. The van der Waals surface area contributed by atoms with Gasteiger partial charge in [-0.05, 0) is 31.5 Å². The van der Waals surface area contributed by atoms with E-state index in [4.69, 9.17) is 14.5 Å². The number of carbonyl (C=O) groups is 2. The summed E-state index contributed by atoms with van der Waals surface area (Å²) in [6.45, 7) is 3.96. The van der Waals surface area contributed by atoms with E-state index >= 15 is 0 Å². The first-order valence-electron chi connectivity index (χ1n) is 10.1. The van der Waals surface area contributed by atoms with Crippen molar-refractivity contribution < 1.29 is 24.0 Å². The van der Waals surface area contributed by atoms with Gasteiger partial charge in [0.1, 0.15) is 11.6 Å². The SMILES string of the molecule is CCOC(=O)C1=C(C)NC2=Nc3ccc(OC=O)cc3NC=C2[C@H]1c1cccc([N+](=O)[O-])c1. The average molecular weight is 448 g/mol. The van der Waals surface area contributed by atoms with Crippen LogP contribution in [-0.2, 0) is 14.3 Å². The Bertz CT molecular complexity index is 1250. The van der Waals surface area contributed by atoms with Gasteiger partial charge in [-0.2, -0.15) is 0 Å². The maximum Gasteiger partial charge on any atom is 0.336 e. The molecular formula is C23H20N4O6. The third kappa shape index (κ3) is 4.18. The molecule has 2 aliphatic heterocycles. The monoisotopic (exact) mass is 448 g/mol. The molecule has 33 heavy (non-hydrogen) atoms. The molecule has 2 aromatic carbocycles. The van der Waals surface area contributed by atoms with Crippen LogP contribution in [0.4, 0.5) is 17.1 Å². The standard InChI is InChI=1S/C23H20N4O6/c1-3-32-23(29)20-13(2)25-22-17(21(20)14-5-4-6-15(9-14)27(30)31)11-24-19-10-16(33-12-28)7-8-18(19)26-22/h4-12,21,24H,3H2,1-2H3,(H,25,26)/t21-/m1/s1. The van der Waals surface area contributed by atoms with Crippen molar-refractivity contribution in [1.82, 2.24) is 5.32 Å². The topological polar surface area (TPSA) is 132 Å². The van der Waals surface area contributed by atoms with E-state index in [1.807, 2.05) is 0 Å². The lowest BCUT2D eigenvalue weighted by Crippen LogP contribution is -2.36. The molecule has 168 valence electrons. The van der Waals surface area contributed by atoms with Gasteiger partial charge in [0.05, 0.1) is 28.5 Å². The van der Waals surface area contributed by atoms with Crippen LogP contribution in [-0.4, -0.2) is 29.8 Å². The molecule has 2 heterocycles. The summed E-state index contributed by atoms with van der Waals surface area (Å²) in [6.07, 6.45) is 1.68. The van der Waals surface area contributed by atoms with Crippen LogP contribution in [0.1, 0.15) is 25.3 Å². The van der Waals surface area contributed by atoms with E-state index in [0.29, 0.717) is 51.8 Å². The summed E-state index contributed by atoms with van der Waals surface area (Å²) in [6, 6.07) is 11.1. The minimum Gasteiger partial charge on any atom is -0.463 e. The maximum atomic E-state index is 12.9. The Labute approximate surface area is 188 Å². The molecule has 0 radical (unpaired) electrons. The summed E-state index contributed by atoms with van der Waals surface area (Å²) < 4.78 is 10.2. The summed E-state index contributed by atoms with van der Waals surface area (Å²) in [5.41, 5.74) is 3.07. The van der Waals surface area contributed by atoms with Crippen molar-refractivity contribution in [2.24, 2.45) is 4.99 Å². The fraction of sp³-hybridized carbons (Fsp3) is 0.174. The predicted molar refractivity (Wildman–Crippen MR) is 120 cm³/mol. The molecule has 2 N–H and O–H groups in total. The van der Waals surface area contributed by atoms with Crippen molar-refractivity contribution in [2.45, 2.75) is 19.8 Å². The maximum absolute atomic E-state index is 12.9. The van der Waals surface area contributed by atoms with Crippen molar-refractivity contribution in [1.29, 1.82) is 0 Å². The number of hydrogen-bond acceptors (Lipinski definition) is 9. The molecule has 0 saturated carbocycles. The molecule has 0 fully saturated rings. The molecule has 1 atom stereocenters. The molecule has 0 bridgehead atoms. The van der Waals surface area contributed by atoms with Crippen LogP contribution in [0.5, 0.6) is 5.75 Å². The summed E-state index contributed by atoms with van der Waals surface area (Å²) in [4.78, 5) is 39.2. The normalized spacial score (nSPS) is 16.6. The van der Waals surface area contributed by atoms with E-state index < -0.39 is 16.8 Å². The largest absolute Gasteiger partial charge is 0.463 e. The smallest absolute Gasteiger partial charge is 0.336 e. The van der Waals surface area contributed by atoms with E-state index in [9.17, 15) is 19.7 Å². The Hall–Kier alpha value is -4.47. The molecule has 10 heteroatoms. The van der Waals surface area contributed by atoms with Crippen molar-refractivity contribution in [3.8, 4) is 5.75 Å². The van der Waals surface area contributed by atoms with Gasteiger partial charge in [-0.15, -0.1) is 0 Å². The lowest BCUT2D eigenvalue weighted by molar-refractivity contribution is -0.384. The van der Waals surface area contributed by atoms with Crippen LogP contribution in [0, 0.1) is 10.1 Å². The summed E-state index contributed by atoms with van der Waals surface area (Å²) >= 11 is 0. The molecule has 2 aliphatic rings. The quantitative estimate of drug-likeness (QED) is 0.296. The molecule has 2 aromatic rings. The highest BCUT2D eigenvalue weighted by Gasteiger charge is 2.37. The number of non-ortho nitro benzene ring substituents is 1. The molecule has 0 unspecified atom stereocenters. The lowest BCUT2D eigenvalue weighted by atomic mass is 9.80. The number of rotatable bonds is 6. The zero-order valence-corrected chi connectivity index (χ0v) is 17.8. The zero-order chi connectivity index (χ0) is 23.5. The highest BCUT2D eigenvalue weighted by atomic mass is 16.6. The number of nitro groups is 1. The fourth-order valence-corrected chi connectivity index (χ4v) is 3.85. The van der Waals surface area contributed by atoms with Crippen molar-refractivity contribution >= 4 is 35.3 Å². The van der Waals surface area contributed by atoms with Gasteiger partial charge in [-0.1, -0.05) is 12.1 Å².